The van der Waals surface area contributed by atoms with Crippen molar-refractivity contribution in [3.63, 3.8) is 0 Å². The molecule has 1 N–H and O–H groups in total. The van der Waals surface area contributed by atoms with Gasteiger partial charge in [0.1, 0.15) is 0 Å². The van der Waals surface area contributed by atoms with Crippen LogP contribution in [-0.2, 0) is 6.42 Å². The van der Waals surface area contributed by atoms with E-state index in [-0.39, 0.29) is 6.10 Å². The Hall–Kier alpha value is -0.930. The maximum atomic E-state index is 9.68. The summed E-state index contributed by atoms with van der Waals surface area (Å²) in [5, 5.41) is 10.9. The van der Waals surface area contributed by atoms with Crippen molar-refractivity contribution in [2.24, 2.45) is 0 Å². The molecule has 16 heavy (non-hydrogen) atoms. The molecule has 0 amide bonds. The van der Waals surface area contributed by atoms with Crippen LogP contribution in [0.5, 0.6) is 0 Å². The van der Waals surface area contributed by atoms with Crippen LogP contribution in [0.25, 0.3) is 10.1 Å². The van der Waals surface area contributed by atoms with Gasteiger partial charge in [-0.05, 0) is 31.4 Å². The van der Waals surface area contributed by atoms with Crippen molar-refractivity contribution in [2.75, 3.05) is 0 Å². The van der Waals surface area contributed by atoms with Gasteiger partial charge in [-0.2, -0.15) is 0 Å². The summed E-state index contributed by atoms with van der Waals surface area (Å²) in [6.45, 7) is 2.11. The fourth-order valence-electron chi connectivity index (χ4n) is 1.85. The molecule has 2 heterocycles. The fraction of sp³-hybridized carbons (Fsp3) is 0.462. The Morgan fingerprint density at radius 1 is 1.44 bits per heavy atom. The number of aliphatic hydroxyl groups excluding tert-OH is 1. The summed E-state index contributed by atoms with van der Waals surface area (Å²) in [5.41, 5.74) is 0. The van der Waals surface area contributed by atoms with Gasteiger partial charge in [-0.15, -0.1) is 11.3 Å². The minimum Gasteiger partial charge on any atom is -0.393 e. The van der Waals surface area contributed by atoms with Gasteiger partial charge in [0.15, 0.2) is 0 Å². The molecule has 3 heteroatoms. The van der Waals surface area contributed by atoms with E-state index in [0.717, 1.165) is 25.7 Å². The number of hydrogen-bond donors (Lipinski definition) is 1. The molecule has 0 saturated heterocycles. The molecule has 2 aromatic rings. The number of pyridine rings is 1. The topological polar surface area (TPSA) is 33.1 Å². The predicted octanol–water partition coefficient (Wildman–Crippen LogP) is 3.39. The van der Waals surface area contributed by atoms with Crippen LogP contribution < -0.4 is 0 Å². The van der Waals surface area contributed by atoms with Crippen LogP contribution in [-0.4, -0.2) is 16.2 Å². The fourth-order valence-corrected chi connectivity index (χ4v) is 2.90. The Morgan fingerprint density at radius 2 is 2.31 bits per heavy atom. The van der Waals surface area contributed by atoms with Crippen molar-refractivity contribution in [2.45, 2.75) is 38.7 Å². The Balaban J connectivity index is 1.99. The predicted molar refractivity (Wildman–Crippen MR) is 68.9 cm³/mol. The largest absolute Gasteiger partial charge is 0.393 e. The first-order valence-corrected chi connectivity index (χ1v) is 6.61. The molecule has 2 rings (SSSR count). The second kappa shape index (κ2) is 5.41. The van der Waals surface area contributed by atoms with Gasteiger partial charge < -0.3 is 5.11 Å². The minimum atomic E-state index is -0.145. The van der Waals surface area contributed by atoms with Gasteiger partial charge in [-0.1, -0.05) is 13.3 Å². The second-order valence-electron chi connectivity index (χ2n) is 4.11. The zero-order valence-corrected chi connectivity index (χ0v) is 10.3. The lowest BCUT2D eigenvalue weighted by molar-refractivity contribution is 0.154. The molecule has 1 unspecified atom stereocenters. The average Bonchev–Trinajstić information content (AvgIpc) is 2.69. The number of aliphatic hydroxyl groups is 1. The molecule has 0 radical (unpaired) electrons. The highest BCUT2D eigenvalue weighted by Crippen LogP contribution is 2.25. The van der Waals surface area contributed by atoms with E-state index in [2.05, 4.69) is 18.0 Å². The summed E-state index contributed by atoms with van der Waals surface area (Å²) >= 11 is 1.81. The molecule has 1 atom stereocenters. The molecular formula is C13H17NOS. The van der Waals surface area contributed by atoms with E-state index in [9.17, 15) is 5.11 Å². The highest BCUT2D eigenvalue weighted by Gasteiger charge is 2.06. The van der Waals surface area contributed by atoms with Crippen LogP contribution in [0.2, 0.25) is 0 Å². The van der Waals surface area contributed by atoms with E-state index in [1.54, 1.807) is 11.3 Å². The average molecular weight is 235 g/mol. The van der Waals surface area contributed by atoms with Crippen molar-refractivity contribution in [1.82, 2.24) is 4.98 Å². The van der Waals surface area contributed by atoms with E-state index in [4.69, 9.17) is 0 Å². The molecule has 0 fully saturated rings. The van der Waals surface area contributed by atoms with Crippen LogP contribution in [0.1, 0.15) is 31.1 Å². The van der Waals surface area contributed by atoms with Crippen molar-refractivity contribution in [1.29, 1.82) is 0 Å². The highest BCUT2D eigenvalue weighted by atomic mass is 32.1. The second-order valence-corrected chi connectivity index (χ2v) is 5.28. The summed E-state index contributed by atoms with van der Waals surface area (Å²) in [5.74, 6) is 0. The molecule has 0 aliphatic rings. The van der Waals surface area contributed by atoms with Gasteiger partial charge in [-0.3, -0.25) is 4.98 Å². The van der Waals surface area contributed by atoms with Gasteiger partial charge in [0.05, 0.1) is 6.10 Å². The minimum absolute atomic E-state index is 0.145. The third kappa shape index (κ3) is 2.80. The lowest BCUT2D eigenvalue weighted by Crippen LogP contribution is -2.06. The third-order valence-electron chi connectivity index (χ3n) is 2.71. The SMILES string of the molecule is CCCC(O)CCc1cc2cnccc2s1. The Bertz CT molecular complexity index is 419. The van der Waals surface area contributed by atoms with Crippen molar-refractivity contribution in [3.05, 3.63) is 29.4 Å². The number of aryl methyl sites for hydroxylation is 1. The van der Waals surface area contributed by atoms with E-state index < -0.39 is 0 Å². The van der Waals surface area contributed by atoms with E-state index in [1.165, 1.54) is 15.0 Å². The lowest BCUT2D eigenvalue weighted by atomic mass is 10.1. The first kappa shape index (κ1) is 11.6. The van der Waals surface area contributed by atoms with E-state index in [0.29, 0.717) is 0 Å². The standard InChI is InChI=1S/C13H17NOS/c1-2-3-11(15)4-5-12-8-10-9-14-7-6-13(10)16-12/h6-9,11,15H,2-5H2,1H3. The normalized spacial score (nSPS) is 13.1. The molecule has 0 aromatic carbocycles. The lowest BCUT2D eigenvalue weighted by Gasteiger charge is -2.06. The number of fused-ring (bicyclic) bond motifs is 1. The van der Waals surface area contributed by atoms with Gasteiger partial charge in [0, 0.05) is 27.4 Å². The highest BCUT2D eigenvalue weighted by molar-refractivity contribution is 7.19. The first-order chi connectivity index (χ1) is 7.79. The number of nitrogens with zero attached hydrogens (tertiary/aromatic N) is 1. The summed E-state index contributed by atoms with van der Waals surface area (Å²) in [7, 11) is 0. The molecule has 0 aliphatic carbocycles. The van der Waals surface area contributed by atoms with Crippen LogP contribution in [0.15, 0.2) is 24.5 Å². The van der Waals surface area contributed by atoms with Gasteiger partial charge in [0.2, 0.25) is 0 Å². The summed E-state index contributed by atoms with van der Waals surface area (Å²) in [6.07, 6.45) is 7.39. The molecular weight excluding hydrogens is 218 g/mol. The van der Waals surface area contributed by atoms with E-state index in [1.807, 2.05) is 18.5 Å². The maximum Gasteiger partial charge on any atom is 0.0543 e. The van der Waals surface area contributed by atoms with E-state index >= 15 is 0 Å². The number of thiophene rings is 1. The number of rotatable bonds is 5. The smallest absolute Gasteiger partial charge is 0.0543 e. The zero-order chi connectivity index (χ0) is 11.4. The maximum absolute atomic E-state index is 9.68. The molecule has 2 nitrogen and oxygen atoms in total. The molecule has 0 bridgehead atoms. The zero-order valence-electron chi connectivity index (χ0n) is 9.52. The van der Waals surface area contributed by atoms with Gasteiger partial charge in [-0.25, -0.2) is 0 Å². The first-order valence-electron chi connectivity index (χ1n) is 5.80. The van der Waals surface area contributed by atoms with Crippen molar-refractivity contribution >= 4 is 21.4 Å². The number of hydrogen-bond acceptors (Lipinski definition) is 3. The van der Waals surface area contributed by atoms with Crippen LogP contribution in [0, 0.1) is 0 Å². The molecule has 86 valence electrons. The number of aromatic nitrogens is 1. The monoisotopic (exact) mass is 235 g/mol. The van der Waals surface area contributed by atoms with Gasteiger partial charge in [0.25, 0.3) is 0 Å². The molecule has 2 aromatic heterocycles. The van der Waals surface area contributed by atoms with Crippen LogP contribution in [0.3, 0.4) is 0 Å². The summed E-state index contributed by atoms with van der Waals surface area (Å²) in [4.78, 5) is 5.45. The Kier molecular flexibility index (Phi) is 3.91. The van der Waals surface area contributed by atoms with Crippen LogP contribution >= 0.6 is 11.3 Å². The van der Waals surface area contributed by atoms with Crippen molar-refractivity contribution < 1.29 is 5.11 Å². The van der Waals surface area contributed by atoms with Crippen molar-refractivity contribution in [3.8, 4) is 0 Å². The quantitative estimate of drug-likeness (QED) is 0.861. The summed E-state index contributed by atoms with van der Waals surface area (Å²) in [6, 6.07) is 4.23. The molecule has 0 aliphatic heterocycles. The Labute approximate surface area is 100.0 Å². The molecule has 0 spiro atoms. The molecule has 0 saturated carbocycles. The summed E-state index contributed by atoms with van der Waals surface area (Å²) < 4.78 is 1.29. The van der Waals surface area contributed by atoms with Gasteiger partial charge >= 0.3 is 0 Å². The Morgan fingerprint density at radius 3 is 3.06 bits per heavy atom. The van der Waals surface area contributed by atoms with Crippen LogP contribution in [0.4, 0.5) is 0 Å². The third-order valence-corrected chi connectivity index (χ3v) is 3.89.